The first kappa shape index (κ1) is 14.9. The quantitative estimate of drug-likeness (QED) is 0.677. The molecule has 1 aromatic carbocycles. The van der Waals surface area contributed by atoms with Crippen molar-refractivity contribution >= 4 is 33.2 Å². The predicted molar refractivity (Wildman–Crippen MR) is 79.8 cm³/mol. The molecule has 1 aromatic rings. The molecular weight excluding hydrogens is 326 g/mol. The zero-order valence-corrected chi connectivity index (χ0v) is 13.0. The highest BCUT2D eigenvalue weighted by Crippen LogP contribution is 2.39. The maximum absolute atomic E-state index is 11.3. The lowest BCUT2D eigenvalue weighted by Crippen LogP contribution is -2.31. The lowest BCUT2D eigenvalue weighted by Gasteiger charge is -2.29. The molecule has 0 aliphatic carbocycles. The van der Waals surface area contributed by atoms with Crippen LogP contribution in [0.3, 0.4) is 0 Å². The summed E-state index contributed by atoms with van der Waals surface area (Å²) in [6.07, 6.45) is 0.694. The van der Waals surface area contributed by atoms with E-state index in [0.717, 1.165) is 35.2 Å². The molecule has 0 saturated heterocycles. The average Bonchev–Trinajstić information content (AvgIpc) is 2.40. The van der Waals surface area contributed by atoms with Gasteiger partial charge >= 0.3 is 0 Å². The second-order valence-corrected chi connectivity index (χ2v) is 5.62. The number of nitrogens with zero attached hydrogens (tertiary/aromatic N) is 2. The van der Waals surface area contributed by atoms with Gasteiger partial charge in [0.05, 0.1) is 4.92 Å². The Hall–Kier alpha value is -1.47. The monoisotopic (exact) mass is 341 g/mol. The molecule has 6 nitrogen and oxygen atoms in total. The molecule has 1 aliphatic rings. The summed E-state index contributed by atoms with van der Waals surface area (Å²) >= 11 is 3.41. The van der Waals surface area contributed by atoms with Crippen LogP contribution in [0.5, 0.6) is 0 Å². The number of amides is 1. The number of fused-ring (bicyclic) bond motifs is 1. The first-order valence-corrected chi connectivity index (χ1v) is 7.22. The zero-order valence-electron chi connectivity index (χ0n) is 11.4. The van der Waals surface area contributed by atoms with E-state index in [9.17, 15) is 14.9 Å². The third-order valence-corrected chi connectivity index (χ3v) is 4.19. The van der Waals surface area contributed by atoms with Crippen LogP contribution in [-0.2, 0) is 17.8 Å². The number of carbonyl (C=O) groups is 1. The highest BCUT2D eigenvalue weighted by Gasteiger charge is 2.27. The van der Waals surface area contributed by atoms with E-state index in [4.69, 9.17) is 0 Å². The summed E-state index contributed by atoms with van der Waals surface area (Å²) in [4.78, 5) is 24.3. The van der Waals surface area contributed by atoms with Crippen molar-refractivity contribution in [3.05, 3.63) is 31.8 Å². The SMILES string of the molecule is CCN1CCc2c(c(Br)cc([N+](=O)[O-])c2NC(C)=O)C1. The number of carbonyl (C=O) groups excluding carboxylic acids is 1. The molecule has 1 N–H and O–H groups in total. The average molecular weight is 342 g/mol. The van der Waals surface area contributed by atoms with Crippen molar-refractivity contribution in [1.29, 1.82) is 0 Å². The summed E-state index contributed by atoms with van der Waals surface area (Å²) in [5.41, 5.74) is 2.17. The number of anilines is 1. The molecule has 1 aliphatic heterocycles. The van der Waals surface area contributed by atoms with E-state index in [2.05, 4.69) is 33.1 Å². The van der Waals surface area contributed by atoms with Gasteiger partial charge in [0.15, 0.2) is 0 Å². The smallest absolute Gasteiger partial charge is 0.294 e. The standard InChI is InChI=1S/C13H16BrN3O3/c1-3-16-5-4-9-10(7-16)11(14)6-12(17(19)20)13(9)15-8(2)18/h6H,3-5,7H2,1-2H3,(H,15,18). The maximum atomic E-state index is 11.3. The number of hydrogen-bond donors (Lipinski definition) is 1. The van der Waals surface area contributed by atoms with Gasteiger partial charge in [-0.15, -0.1) is 0 Å². The number of hydrogen-bond acceptors (Lipinski definition) is 4. The van der Waals surface area contributed by atoms with E-state index < -0.39 is 4.92 Å². The van der Waals surface area contributed by atoms with Crippen LogP contribution in [0.1, 0.15) is 25.0 Å². The first-order valence-electron chi connectivity index (χ1n) is 6.42. The van der Waals surface area contributed by atoms with Gasteiger partial charge in [-0.05, 0) is 24.1 Å². The van der Waals surface area contributed by atoms with Gasteiger partial charge in [0.2, 0.25) is 5.91 Å². The highest BCUT2D eigenvalue weighted by atomic mass is 79.9. The van der Waals surface area contributed by atoms with Gasteiger partial charge in [-0.25, -0.2) is 0 Å². The highest BCUT2D eigenvalue weighted by molar-refractivity contribution is 9.10. The fourth-order valence-corrected chi connectivity index (χ4v) is 3.06. The van der Waals surface area contributed by atoms with Gasteiger partial charge in [-0.3, -0.25) is 19.8 Å². The summed E-state index contributed by atoms with van der Waals surface area (Å²) in [6.45, 7) is 5.94. The van der Waals surface area contributed by atoms with Crippen LogP contribution in [0.2, 0.25) is 0 Å². The van der Waals surface area contributed by atoms with Gasteiger partial charge in [0.1, 0.15) is 5.69 Å². The van der Waals surface area contributed by atoms with E-state index in [1.807, 2.05) is 0 Å². The predicted octanol–water partition coefficient (Wildman–Crippen LogP) is 2.69. The largest absolute Gasteiger partial charge is 0.320 e. The Morgan fingerprint density at radius 2 is 2.25 bits per heavy atom. The zero-order chi connectivity index (χ0) is 14.9. The van der Waals surface area contributed by atoms with E-state index in [1.54, 1.807) is 0 Å². The molecule has 0 radical (unpaired) electrons. The van der Waals surface area contributed by atoms with Crippen LogP contribution in [0.25, 0.3) is 0 Å². The number of nitro benzene ring substituents is 1. The second kappa shape index (κ2) is 5.88. The van der Waals surface area contributed by atoms with Gasteiger partial charge in [-0.2, -0.15) is 0 Å². The minimum atomic E-state index is -0.456. The molecule has 1 amide bonds. The number of likely N-dealkylation sites (N-methyl/N-ethyl adjacent to an activating group) is 1. The topological polar surface area (TPSA) is 75.5 Å². The van der Waals surface area contributed by atoms with Crippen LogP contribution in [0.4, 0.5) is 11.4 Å². The lowest BCUT2D eigenvalue weighted by atomic mass is 9.96. The molecule has 7 heteroatoms. The van der Waals surface area contributed by atoms with Gasteiger partial charge in [0.25, 0.3) is 5.69 Å². The Bertz CT molecular complexity index is 574. The summed E-state index contributed by atoms with van der Waals surface area (Å²) in [7, 11) is 0. The van der Waals surface area contributed by atoms with Crippen LogP contribution in [0, 0.1) is 10.1 Å². The molecule has 0 atom stereocenters. The lowest BCUT2D eigenvalue weighted by molar-refractivity contribution is -0.384. The molecule has 108 valence electrons. The van der Waals surface area contributed by atoms with E-state index in [0.29, 0.717) is 12.1 Å². The van der Waals surface area contributed by atoms with Crippen molar-refractivity contribution in [2.24, 2.45) is 0 Å². The molecule has 0 bridgehead atoms. The summed E-state index contributed by atoms with van der Waals surface area (Å²) in [6, 6.07) is 1.48. The summed E-state index contributed by atoms with van der Waals surface area (Å²) < 4.78 is 0.728. The third-order valence-electron chi connectivity index (χ3n) is 3.48. The van der Waals surface area contributed by atoms with Crippen molar-refractivity contribution in [2.75, 3.05) is 18.4 Å². The van der Waals surface area contributed by atoms with E-state index >= 15 is 0 Å². The molecule has 0 aromatic heterocycles. The minimum absolute atomic E-state index is 0.0595. The fraction of sp³-hybridized carbons (Fsp3) is 0.462. The van der Waals surface area contributed by atoms with Crippen LogP contribution >= 0.6 is 15.9 Å². The van der Waals surface area contributed by atoms with Crippen LogP contribution in [-0.4, -0.2) is 28.8 Å². The Morgan fingerprint density at radius 1 is 1.55 bits per heavy atom. The summed E-state index contributed by atoms with van der Waals surface area (Å²) in [5.74, 6) is -0.296. The molecule has 0 saturated carbocycles. The minimum Gasteiger partial charge on any atom is -0.320 e. The van der Waals surface area contributed by atoms with Crippen molar-refractivity contribution in [3.8, 4) is 0 Å². The molecular formula is C13H16BrN3O3. The second-order valence-electron chi connectivity index (χ2n) is 4.77. The molecule has 20 heavy (non-hydrogen) atoms. The Morgan fingerprint density at radius 3 is 2.80 bits per heavy atom. The normalized spacial score (nSPS) is 14.8. The van der Waals surface area contributed by atoms with Crippen molar-refractivity contribution in [1.82, 2.24) is 4.90 Å². The van der Waals surface area contributed by atoms with Crippen molar-refractivity contribution in [2.45, 2.75) is 26.8 Å². The molecule has 2 rings (SSSR count). The molecule has 0 fully saturated rings. The van der Waals surface area contributed by atoms with Crippen LogP contribution < -0.4 is 5.32 Å². The Kier molecular flexibility index (Phi) is 4.39. The molecule has 1 heterocycles. The summed E-state index contributed by atoms with van der Waals surface area (Å²) in [5, 5.41) is 13.8. The van der Waals surface area contributed by atoms with Crippen molar-refractivity contribution < 1.29 is 9.72 Å². The number of rotatable bonds is 3. The Labute approximate surface area is 125 Å². The van der Waals surface area contributed by atoms with Crippen molar-refractivity contribution in [3.63, 3.8) is 0 Å². The van der Waals surface area contributed by atoms with Gasteiger partial charge in [-0.1, -0.05) is 22.9 Å². The van der Waals surface area contributed by atoms with E-state index in [-0.39, 0.29) is 11.6 Å². The van der Waals surface area contributed by atoms with E-state index in [1.165, 1.54) is 13.0 Å². The maximum Gasteiger partial charge on any atom is 0.294 e. The first-order chi connectivity index (χ1) is 9.43. The third kappa shape index (κ3) is 2.83. The number of nitrogens with one attached hydrogen (secondary N) is 1. The van der Waals surface area contributed by atoms with Crippen LogP contribution in [0.15, 0.2) is 10.5 Å². The Balaban J connectivity index is 2.58. The molecule has 0 spiro atoms. The fourth-order valence-electron chi connectivity index (χ4n) is 2.48. The number of halogens is 1. The molecule has 0 unspecified atom stereocenters. The number of benzene rings is 1. The van der Waals surface area contributed by atoms with Gasteiger partial charge < -0.3 is 5.32 Å². The number of nitro groups is 1. The van der Waals surface area contributed by atoms with Gasteiger partial charge in [0, 0.05) is 30.6 Å².